The van der Waals surface area contributed by atoms with E-state index in [0.717, 1.165) is 24.0 Å². The molecule has 37 heavy (non-hydrogen) atoms. The minimum absolute atomic E-state index is 0.0670. The molecular weight excluding hydrogens is 474 g/mol. The van der Waals surface area contributed by atoms with Crippen LogP contribution in [0.15, 0.2) is 41.2 Å². The fraction of sp³-hybridized carbons (Fsp3) is 0.462. The van der Waals surface area contributed by atoms with Gasteiger partial charge in [0.15, 0.2) is 5.76 Å². The number of likely N-dealkylation sites (tertiary alicyclic amines) is 1. The number of carbonyl (C=O) groups is 2. The van der Waals surface area contributed by atoms with Gasteiger partial charge in [0, 0.05) is 24.3 Å². The maximum atomic E-state index is 13.0. The molecule has 3 aromatic rings. The maximum absolute atomic E-state index is 13.0. The second-order valence-corrected chi connectivity index (χ2v) is 10.5. The molecular formula is C26H29N7O4. The van der Waals surface area contributed by atoms with Gasteiger partial charge in [-0.25, -0.2) is 9.78 Å². The summed E-state index contributed by atoms with van der Waals surface area (Å²) < 4.78 is 13.1. The molecule has 0 bridgehead atoms. The van der Waals surface area contributed by atoms with E-state index < -0.39 is 17.6 Å². The molecule has 2 unspecified atom stereocenters. The van der Waals surface area contributed by atoms with Crippen molar-refractivity contribution in [1.29, 1.82) is 5.26 Å². The molecule has 0 radical (unpaired) electrons. The minimum atomic E-state index is -0.646. The van der Waals surface area contributed by atoms with Gasteiger partial charge >= 0.3 is 12.0 Å². The van der Waals surface area contributed by atoms with Gasteiger partial charge in [0.25, 0.3) is 5.89 Å². The highest BCUT2D eigenvalue weighted by Gasteiger charge is 2.39. The van der Waals surface area contributed by atoms with Crippen molar-refractivity contribution >= 4 is 12.0 Å². The average Bonchev–Trinajstić information content (AvgIpc) is 3.22. The minimum Gasteiger partial charge on any atom is -0.444 e. The Morgan fingerprint density at radius 1 is 1.30 bits per heavy atom. The van der Waals surface area contributed by atoms with E-state index in [1.165, 1.54) is 6.20 Å². The fourth-order valence-electron chi connectivity index (χ4n) is 4.62. The monoisotopic (exact) mass is 503 g/mol. The molecule has 2 amide bonds. The Labute approximate surface area is 214 Å². The van der Waals surface area contributed by atoms with Gasteiger partial charge in [-0.05, 0) is 63.6 Å². The van der Waals surface area contributed by atoms with Crippen LogP contribution in [0.1, 0.15) is 67.8 Å². The molecule has 1 saturated carbocycles. The van der Waals surface area contributed by atoms with E-state index in [1.54, 1.807) is 34.1 Å². The van der Waals surface area contributed by atoms with Gasteiger partial charge in [-0.15, -0.1) is 5.10 Å². The number of carbonyl (C=O) groups excluding carboxylic acids is 2. The number of aromatic nitrogens is 4. The molecule has 11 heteroatoms. The lowest BCUT2D eigenvalue weighted by molar-refractivity contribution is 0.0207. The third kappa shape index (κ3) is 5.63. The lowest BCUT2D eigenvalue weighted by Gasteiger charge is -2.28. The maximum Gasteiger partial charge on any atom is 0.410 e. The summed E-state index contributed by atoms with van der Waals surface area (Å²) in [6.07, 6.45) is 7.06. The predicted molar refractivity (Wildman–Crippen MR) is 131 cm³/mol. The van der Waals surface area contributed by atoms with Crippen molar-refractivity contribution in [2.45, 2.75) is 70.2 Å². The van der Waals surface area contributed by atoms with Gasteiger partial charge in [0.05, 0.1) is 36.6 Å². The number of rotatable bonds is 6. The van der Waals surface area contributed by atoms with E-state index in [9.17, 15) is 14.9 Å². The molecule has 1 saturated heterocycles. The summed E-state index contributed by atoms with van der Waals surface area (Å²) in [6, 6.07) is 7.12. The predicted octanol–water partition coefficient (Wildman–Crippen LogP) is 3.49. The summed E-state index contributed by atoms with van der Waals surface area (Å²) in [5.41, 5.74) is 1.76. The topological polar surface area (TPSA) is 139 Å². The Morgan fingerprint density at radius 2 is 2.11 bits per heavy atom. The first-order valence-electron chi connectivity index (χ1n) is 12.3. The number of nitrogens with zero attached hydrogens (tertiary/aromatic N) is 6. The van der Waals surface area contributed by atoms with Crippen molar-refractivity contribution in [3.8, 4) is 17.4 Å². The fourth-order valence-corrected chi connectivity index (χ4v) is 4.62. The van der Waals surface area contributed by atoms with Crippen molar-refractivity contribution in [3.05, 3.63) is 53.8 Å². The number of ether oxygens (including phenoxy) is 1. The molecule has 2 aromatic heterocycles. The van der Waals surface area contributed by atoms with E-state index in [4.69, 9.17) is 9.15 Å². The zero-order valence-corrected chi connectivity index (χ0v) is 21.0. The molecule has 1 aliphatic heterocycles. The number of nitrogens with one attached hydrogen (secondary N) is 1. The van der Waals surface area contributed by atoms with Gasteiger partial charge in [-0.2, -0.15) is 5.26 Å². The summed E-state index contributed by atoms with van der Waals surface area (Å²) in [5, 5.41) is 20.1. The lowest BCUT2D eigenvalue weighted by atomic mass is 9.99. The van der Waals surface area contributed by atoms with Crippen LogP contribution >= 0.6 is 0 Å². The van der Waals surface area contributed by atoms with Crippen molar-refractivity contribution < 1.29 is 18.7 Å². The van der Waals surface area contributed by atoms with Crippen molar-refractivity contribution in [2.75, 3.05) is 6.54 Å². The summed E-state index contributed by atoms with van der Waals surface area (Å²) in [4.78, 5) is 31.8. The van der Waals surface area contributed by atoms with Crippen LogP contribution in [0.5, 0.6) is 0 Å². The molecule has 5 rings (SSSR count). The molecule has 1 N–H and O–H groups in total. The van der Waals surface area contributed by atoms with E-state index in [2.05, 4.69) is 26.7 Å². The number of benzene rings is 1. The van der Waals surface area contributed by atoms with Crippen LogP contribution in [-0.2, 0) is 11.3 Å². The van der Waals surface area contributed by atoms with E-state index in [0.29, 0.717) is 30.2 Å². The molecule has 2 atom stereocenters. The first-order chi connectivity index (χ1) is 17.7. The van der Waals surface area contributed by atoms with Gasteiger partial charge in [-0.3, -0.25) is 9.48 Å². The van der Waals surface area contributed by atoms with Gasteiger partial charge in [0.1, 0.15) is 5.60 Å². The molecule has 1 aliphatic carbocycles. The number of nitriles is 1. The van der Waals surface area contributed by atoms with E-state index in [1.807, 2.05) is 26.8 Å². The highest BCUT2D eigenvalue weighted by molar-refractivity contribution is 5.90. The molecule has 11 nitrogen and oxygen atoms in total. The van der Waals surface area contributed by atoms with E-state index in [-0.39, 0.29) is 24.5 Å². The second kappa shape index (κ2) is 9.69. The number of amides is 2. The van der Waals surface area contributed by atoms with Crippen LogP contribution < -0.4 is 5.32 Å². The summed E-state index contributed by atoms with van der Waals surface area (Å²) in [7, 11) is 0. The van der Waals surface area contributed by atoms with Gasteiger partial charge < -0.3 is 19.4 Å². The summed E-state index contributed by atoms with van der Waals surface area (Å²) in [5.74, 6) is 0.355. The van der Waals surface area contributed by atoms with Crippen LogP contribution in [0.4, 0.5) is 4.79 Å². The van der Waals surface area contributed by atoms with Crippen molar-refractivity contribution in [2.24, 2.45) is 0 Å². The Kier molecular flexibility index (Phi) is 6.41. The lowest BCUT2D eigenvalue weighted by Crippen LogP contribution is -2.43. The molecule has 3 heterocycles. The average molecular weight is 504 g/mol. The summed E-state index contributed by atoms with van der Waals surface area (Å²) in [6.45, 7) is 6.15. The normalized spacial score (nSPS) is 19.5. The third-order valence-corrected chi connectivity index (χ3v) is 6.41. The van der Waals surface area contributed by atoms with Crippen LogP contribution in [0.2, 0.25) is 0 Å². The number of hydrogen-bond donors (Lipinski definition) is 1. The third-order valence-electron chi connectivity index (χ3n) is 6.41. The highest BCUT2D eigenvalue weighted by atomic mass is 16.6. The molecule has 2 aliphatic rings. The Bertz CT molecular complexity index is 1330. The Morgan fingerprint density at radius 3 is 2.78 bits per heavy atom. The first kappa shape index (κ1) is 24.5. The zero-order chi connectivity index (χ0) is 26.2. The van der Waals surface area contributed by atoms with E-state index >= 15 is 0 Å². The van der Waals surface area contributed by atoms with Gasteiger partial charge in [-0.1, -0.05) is 11.3 Å². The van der Waals surface area contributed by atoms with Crippen molar-refractivity contribution in [3.63, 3.8) is 0 Å². The quantitative estimate of drug-likeness (QED) is 0.539. The number of oxazole rings is 1. The van der Waals surface area contributed by atoms with Gasteiger partial charge in [0.2, 0.25) is 0 Å². The van der Waals surface area contributed by atoms with Crippen LogP contribution in [-0.4, -0.2) is 61.1 Å². The Balaban J connectivity index is 1.30. The largest absolute Gasteiger partial charge is 0.444 e. The van der Waals surface area contributed by atoms with Crippen molar-refractivity contribution in [1.82, 2.24) is 30.2 Å². The smallest absolute Gasteiger partial charge is 0.410 e. The number of hydrogen-bond acceptors (Lipinski definition) is 8. The molecule has 192 valence electrons. The van der Waals surface area contributed by atoms with Crippen LogP contribution in [0.3, 0.4) is 0 Å². The molecule has 2 fully saturated rings. The summed E-state index contributed by atoms with van der Waals surface area (Å²) >= 11 is 0. The highest BCUT2D eigenvalue weighted by Crippen LogP contribution is 2.44. The zero-order valence-electron chi connectivity index (χ0n) is 21.0. The molecule has 1 aromatic carbocycles. The standard InChI is InChI=1S/C26H29N7O4/c1-26(2,3)37-25(35)33-14-18(11-19(33)15-32-9-8-29-31-32)30-23(34)24-28-13-22(36-24)21-10-16(12-27)4-7-20(21)17-5-6-17/h4,7-10,13,17-19H,5-6,11,14-15H2,1-3H3,(H,30,34). The Hall–Kier alpha value is -4.20. The van der Waals surface area contributed by atoms with Crippen LogP contribution in [0, 0.1) is 11.3 Å². The SMILES string of the molecule is CC(C)(C)OC(=O)N1CC(NC(=O)c2ncc(-c3cc(C#N)ccc3C3CC3)o2)CC1Cn1ccnn1. The molecule has 0 spiro atoms. The first-order valence-corrected chi connectivity index (χ1v) is 12.3. The van der Waals surface area contributed by atoms with Crippen LogP contribution in [0.25, 0.3) is 11.3 Å². The second-order valence-electron chi connectivity index (χ2n) is 10.5.